The summed E-state index contributed by atoms with van der Waals surface area (Å²) >= 11 is 6.43. The Labute approximate surface area is 245 Å². The normalized spacial score (nSPS) is 14.6. The molecule has 1 aromatic heterocycles. The standard InChI is InChI=1S/C30H36ClN5O5/c1-36(16-28(39)34-27(18-38)21-5-3-4-20(12-21)19-40-2)15-23-7-6-22(13-24(23)17-37)29-26(31)14-32-30(35-29)33-25-8-10-41-11-9-25/h3-7,12-14,17,25,27,38H,8-11,15-16,18-19H2,1-2H3,(H,34,39)(H,32,33,35). The fraction of sp³-hybridized carbons (Fsp3) is 0.400. The Bertz CT molecular complexity index is 1330. The molecule has 0 bridgehead atoms. The van der Waals surface area contributed by atoms with Crippen molar-refractivity contribution in [2.24, 2.45) is 0 Å². The number of rotatable bonds is 13. The first-order valence-electron chi connectivity index (χ1n) is 13.5. The molecular formula is C30H36ClN5O5. The molecule has 0 spiro atoms. The summed E-state index contributed by atoms with van der Waals surface area (Å²) in [7, 11) is 3.41. The highest BCUT2D eigenvalue weighted by Crippen LogP contribution is 2.28. The molecule has 1 aliphatic heterocycles. The lowest BCUT2D eigenvalue weighted by Crippen LogP contribution is -2.38. The zero-order chi connectivity index (χ0) is 29.2. The molecule has 218 valence electrons. The SMILES string of the molecule is COCc1cccc(C(CO)NC(=O)CN(C)Cc2ccc(-c3nc(NC4CCOCC4)ncc3Cl)cc2C=O)c1. The number of aliphatic hydroxyl groups is 1. The second kappa shape index (κ2) is 15.0. The minimum absolute atomic E-state index is 0.0767. The van der Waals surface area contributed by atoms with E-state index in [4.69, 9.17) is 21.1 Å². The van der Waals surface area contributed by atoms with Gasteiger partial charge in [-0.1, -0.05) is 48.0 Å². The molecule has 1 saturated heterocycles. The molecule has 0 radical (unpaired) electrons. The van der Waals surface area contributed by atoms with Gasteiger partial charge in [-0.05, 0) is 42.6 Å². The van der Waals surface area contributed by atoms with E-state index in [-0.39, 0.29) is 25.1 Å². The van der Waals surface area contributed by atoms with Gasteiger partial charge in [0, 0.05) is 44.0 Å². The molecular weight excluding hydrogens is 546 g/mol. The van der Waals surface area contributed by atoms with Crippen LogP contribution in [0.15, 0.2) is 48.7 Å². The van der Waals surface area contributed by atoms with E-state index >= 15 is 0 Å². The van der Waals surface area contributed by atoms with Gasteiger partial charge in [-0.25, -0.2) is 9.97 Å². The molecule has 0 saturated carbocycles. The number of hydrogen-bond donors (Lipinski definition) is 3. The number of nitrogens with one attached hydrogen (secondary N) is 2. The lowest BCUT2D eigenvalue weighted by Gasteiger charge is -2.23. The zero-order valence-electron chi connectivity index (χ0n) is 23.3. The summed E-state index contributed by atoms with van der Waals surface area (Å²) in [4.78, 5) is 35.6. The number of nitrogens with zero attached hydrogens (tertiary/aromatic N) is 3. The Morgan fingerprint density at radius 1 is 1.27 bits per heavy atom. The quantitative estimate of drug-likeness (QED) is 0.259. The summed E-state index contributed by atoms with van der Waals surface area (Å²) in [6, 6.07) is 12.7. The maximum absolute atomic E-state index is 12.8. The molecule has 10 nitrogen and oxygen atoms in total. The maximum atomic E-state index is 12.8. The number of halogens is 1. The highest BCUT2D eigenvalue weighted by atomic mass is 35.5. The van der Waals surface area contributed by atoms with Crippen LogP contribution < -0.4 is 10.6 Å². The molecule has 41 heavy (non-hydrogen) atoms. The number of likely N-dealkylation sites (N-methyl/N-ethyl adjacent to an activating group) is 1. The van der Waals surface area contributed by atoms with Crippen molar-refractivity contribution in [1.82, 2.24) is 20.2 Å². The zero-order valence-corrected chi connectivity index (χ0v) is 24.1. The fourth-order valence-electron chi connectivity index (χ4n) is 4.79. The molecule has 3 N–H and O–H groups in total. The van der Waals surface area contributed by atoms with Crippen molar-refractivity contribution in [2.45, 2.75) is 38.1 Å². The monoisotopic (exact) mass is 581 g/mol. The van der Waals surface area contributed by atoms with Crippen molar-refractivity contribution in [3.63, 3.8) is 0 Å². The van der Waals surface area contributed by atoms with Crippen molar-refractivity contribution in [2.75, 3.05) is 45.8 Å². The summed E-state index contributed by atoms with van der Waals surface area (Å²) in [6.45, 7) is 2.04. The van der Waals surface area contributed by atoms with E-state index in [1.54, 1.807) is 31.3 Å². The van der Waals surface area contributed by atoms with Crippen molar-refractivity contribution in [1.29, 1.82) is 0 Å². The molecule has 4 rings (SSSR count). The third-order valence-corrected chi connectivity index (χ3v) is 7.16. The molecule has 1 amide bonds. The molecule has 0 aliphatic carbocycles. The molecule has 1 aliphatic rings. The number of aldehydes is 1. The Morgan fingerprint density at radius 3 is 2.80 bits per heavy atom. The van der Waals surface area contributed by atoms with Crippen LogP contribution in [-0.2, 0) is 27.4 Å². The molecule has 2 heterocycles. The van der Waals surface area contributed by atoms with Crippen molar-refractivity contribution >= 4 is 29.7 Å². The van der Waals surface area contributed by atoms with E-state index in [2.05, 4.69) is 20.6 Å². The number of ether oxygens (including phenoxy) is 2. The van der Waals surface area contributed by atoms with E-state index in [9.17, 15) is 14.7 Å². The largest absolute Gasteiger partial charge is 0.394 e. The number of benzene rings is 2. The number of carbonyl (C=O) groups excluding carboxylic acids is 2. The Kier molecular flexibility index (Phi) is 11.2. The van der Waals surface area contributed by atoms with Gasteiger partial charge in [0.2, 0.25) is 11.9 Å². The third-order valence-electron chi connectivity index (χ3n) is 6.88. The van der Waals surface area contributed by atoms with Crippen LogP contribution in [0.25, 0.3) is 11.3 Å². The van der Waals surface area contributed by atoms with Crippen LogP contribution in [0.2, 0.25) is 5.02 Å². The lowest BCUT2D eigenvalue weighted by molar-refractivity contribution is -0.123. The number of anilines is 1. The first kappa shape index (κ1) is 30.5. The van der Waals surface area contributed by atoms with Crippen molar-refractivity contribution < 1.29 is 24.2 Å². The molecule has 2 aromatic carbocycles. The summed E-state index contributed by atoms with van der Waals surface area (Å²) in [5.41, 5.74) is 4.21. The highest BCUT2D eigenvalue weighted by Gasteiger charge is 2.18. The Morgan fingerprint density at radius 2 is 2.07 bits per heavy atom. The van der Waals surface area contributed by atoms with E-state index in [1.807, 2.05) is 36.4 Å². The van der Waals surface area contributed by atoms with E-state index in [0.717, 1.165) is 35.8 Å². The van der Waals surface area contributed by atoms with Gasteiger partial charge in [0.05, 0.1) is 42.7 Å². The van der Waals surface area contributed by atoms with Gasteiger partial charge in [-0.2, -0.15) is 0 Å². The Hall–Kier alpha value is -3.41. The smallest absolute Gasteiger partial charge is 0.234 e. The summed E-state index contributed by atoms with van der Waals surface area (Å²) < 4.78 is 10.6. The van der Waals surface area contributed by atoms with Gasteiger partial charge in [-0.15, -0.1) is 0 Å². The summed E-state index contributed by atoms with van der Waals surface area (Å²) in [5, 5.41) is 16.5. The van der Waals surface area contributed by atoms with Gasteiger partial charge in [0.25, 0.3) is 0 Å². The van der Waals surface area contributed by atoms with Gasteiger partial charge < -0.3 is 25.2 Å². The molecule has 3 aromatic rings. The first-order valence-corrected chi connectivity index (χ1v) is 13.9. The molecule has 1 fully saturated rings. The maximum Gasteiger partial charge on any atom is 0.234 e. The van der Waals surface area contributed by atoms with Gasteiger partial charge in [0.1, 0.15) is 6.29 Å². The summed E-state index contributed by atoms with van der Waals surface area (Å²) in [5.74, 6) is 0.232. The van der Waals surface area contributed by atoms with Crippen LogP contribution in [0, 0.1) is 0 Å². The molecule has 11 heteroatoms. The topological polar surface area (TPSA) is 126 Å². The number of amides is 1. The number of methoxy groups -OCH3 is 1. The van der Waals surface area contributed by atoms with Gasteiger partial charge >= 0.3 is 0 Å². The van der Waals surface area contributed by atoms with E-state index in [0.29, 0.717) is 54.2 Å². The Balaban J connectivity index is 1.40. The summed E-state index contributed by atoms with van der Waals surface area (Å²) in [6.07, 6.45) is 4.09. The predicted molar refractivity (Wildman–Crippen MR) is 157 cm³/mol. The second-order valence-corrected chi connectivity index (χ2v) is 10.5. The predicted octanol–water partition coefficient (Wildman–Crippen LogP) is 3.63. The van der Waals surface area contributed by atoms with E-state index in [1.165, 1.54) is 0 Å². The van der Waals surface area contributed by atoms with Crippen molar-refractivity contribution in [3.8, 4) is 11.3 Å². The highest BCUT2D eigenvalue weighted by molar-refractivity contribution is 6.32. The van der Waals surface area contributed by atoms with Crippen LogP contribution in [0.3, 0.4) is 0 Å². The molecule has 1 unspecified atom stereocenters. The minimum Gasteiger partial charge on any atom is -0.394 e. The van der Waals surface area contributed by atoms with Crippen molar-refractivity contribution in [3.05, 3.63) is 75.9 Å². The van der Waals surface area contributed by atoms with Crippen LogP contribution in [-0.4, -0.2) is 78.7 Å². The average molecular weight is 582 g/mol. The van der Waals surface area contributed by atoms with Gasteiger partial charge in [0.15, 0.2) is 0 Å². The number of aromatic nitrogens is 2. The minimum atomic E-state index is -0.541. The van der Waals surface area contributed by atoms with Crippen LogP contribution in [0.4, 0.5) is 5.95 Å². The van der Waals surface area contributed by atoms with Gasteiger partial charge in [-0.3, -0.25) is 14.5 Å². The number of carbonyl (C=O) groups is 2. The van der Waals surface area contributed by atoms with Crippen LogP contribution in [0.1, 0.15) is 45.9 Å². The lowest BCUT2D eigenvalue weighted by atomic mass is 10.0. The number of hydrogen-bond acceptors (Lipinski definition) is 9. The second-order valence-electron chi connectivity index (χ2n) is 10.1. The number of aliphatic hydroxyl groups excluding tert-OH is 1. The molecule has 1 atom stereocenters. The third kappa shape index (κ3) is 8.54. The van der Waals surface area contributed by atoms with Crippen LogP contribution >= 0.6 is 11.6 Å². The average Bonchev–Trinajstić information content (AvgIpc) is 2.98. The first-order chi connectivity index (χ1) is 19.9. The fourth-order valence-corrected chi connectivity index (χ4v) is 4.99. The van der Waals surface area contributed by atoms with E-state index < -0.39 is 6.04 Å². The van der Waals surface area contributed by atoms with Crippen LogP contribution in [0.5, 0.6) is 0 Å².